The number of hydrogen-bond donors (Lipinski definition) is 1. The highest BCUT2D eigenvalue weighted by Crippen LogP contribution is 2.56. The summed E-state index contributed by atoms with van der Waals surface area (Å²) in [6.07, 6.45) is 0.735. The Hall–Kier alpha value is -0.860. The second kappa shape index (κ2) is 1.81. The van der Waals surface area contributed by atoms with E-state index >= 15 is 0 Å². The normalized spacial score (nSPS) is 44.6. The molecular weight excluding hydrogens is 132 g/mol. The van der Waals surface area contributed by atoms with Gasteiger partial charge in [0.2, 0.25) is 0 Å². The summed E-state index contributed by atoms with van der Waals surface area (Å²) in [7, 11) is 0. The lowest BCUT2D eigenvalue weighted by atomic mass is 10.1. The van der Waals surface area contributed by atoms with Crippen molar-refractivity contribution in [2.75, 3.05) is 0 Å². The average Bonchev–Trinajstić information content (AvgIpc) is 2.38. The fraction of sp³-hybridized carbons (Fsp3) is 0.714. The SMILES string of the molecule is CC1C(C=O)C1(C)C(=O)O. The van der Waals surface area contributed by atoms with Gasteiger partial charge in [0.25, 0.3) is 0 Å². The standard InChI is InChI=1S/C7H10O3/c1-4-5(3-8)7(4,2)6(9)10/h3-5H,1-2H3,(H,9,10). The van der Waals surface area contributed by atoms with Crippen molar-refractivity contribution in [2.45, 2.75) is 13.8 Å². The summed E-state index contributed by atoms with van der Waals surface area (Å²) in [6.45, 7) is 3.40. The first-order valence-corrected chi connectivity index (χ1v) is 3.23. The third-order valence-electron chi connectivity index (χ3n) is 2.68. The lowest BCUT2D eigenvalue weighted by Gasteiger charge is -1.99. The van der Waals surface area contributed by atoms with Gasteiger partial charge in [-0.3, -0.25) is 4.79 Å². The number of hydrogen-bond acceptors (Lipinski definition) is 2. The molecule has 1 rings (SSSR count). The minimum absolute atomic E-state index is 0.00231. The van der Waals surface area contributed by atoms with E-state index < -0.39 is 11.4 Å². The van der Waals surface area contributed by atoms with Crippen molar-refractivity contribution in [3.8, 4) is 0 Å². The molecular formula is C7H10O3. The van der Waals surface area contributed by atoms with Crippen LogP contribution < -0.4 is 0 Å². The maximum absolute atomic E-state index is 10.5. The second-order valence-electron chi connectivity index (χ2n) is 3.04. The van der Waals surface area contributed by atoms with Crippen LogP contribution >= 0.6 is 0 Å². The molecule has 1 saturated carbocycles. The maximum atomic E-state index is 10.5. The molecule has 3 unspecified atom stereocenters. The molecule has 1 N–H and O–H groups in total. The highest BCUT2D eigenvalue weighted by Gasteiger charge is 2.64. The van der Waals surface area contributed by atoms with Crippen LogP contribution in [-0.4, -0.2) is 17.4 Å². The third kappa shape index (κ3) is 0.602. The van der Waals surface area contributed by atoms with Gasteiger partial charge in [-0.2, -0.15) is 0 Å². The summed E-state index contributed by atoms with van der Waals surface area (Å²) in [5, 5.41) is 8.63. The van der Waals surface area contributed by atoms with E-state index in [2.05, 4.69) is 0 Å². The Kier molecular flexibility index (Phi) is 1.31. The molecule has 0 bridgehead atoms. The van der Waals surface area contributed by atoms with Crippen molar-refractivity contribution >= 4 is 12.3 Å². The molecule has 3 atom stereocenters. The molecule has 1 aliphatic rings. The molecule has 0 heterocycles. The minimum Gasteiger partial charge on any atom is -0.481 e. The van der Waals surface area contributed by atoms with Crippen LogP contribution in [0.25, 0.3) is 0 Å². The smallest absolute Gasteiger partial charge is 0.310 e. The van der Waals surface area contributed by atoms with Gasteiger partial charge in [-0.1, -0.05) is 6.92 Å². The number of carboxylic acid groups (broad SMARTS) is 1. The Balaban J connectivity index is 2.76. The predicted octanol–water partition coefficient (Wildman–Crippen LogP) is 0.542. The zero-order valence-corrected chi connectivity index (χ0v) is 6.00. The fourth-order valence-electron chi connectivity index (χ4n) is 1.36. The van der Waals surface area contributed by atoms with Crippen molar-refractivity contribution < 1.29 is 14.7 Å². The van der Waals surface area contributed by atoms with Crippen LogP contribution in [0.3, 0.4) is 0 Å². The van der Waals surface area contributed by atoms with Gasteiger partial charge in [-0.15, -0.1) is 0 Å². The number of carbonyl (C=O) groups is 2. The maximum Gasteiger partial charge on any atom is 0.310 e. The highest BCUT2D eigenvalue weighted by molar-refractivity contribution is 5.85. The van der Waals surface area contributed by atoms with Gasteiger partial charge in [-0.05, 0) is 12.8 Å². The van der Waals surface area contributed by atoms with Crippen LogP contribution in [0.2, 0.25) is 0 Å². The zero-order chi connectivity index (χ0) is 7.94. The Labute approximate surface area is 59.0 Å². The van der Waals surface area contributed by atoms with Gasteiger partial charge < -0.3 is 9.90 Å². The van der Waals surface area contributed by atoms with Gasteiger partial charge in [0, 0.05) is 5.92 Å². The number of carboxylic acids is 1. The van der Waals surface area contributed by atoms with Crippen LogP contribution in [0.1, 0.15) is 13.8 Å². The Morgan fingerprint density at radius 1 is 1.70 bits per heavy atom. The summed E-state index contributed by atoms with van der Waals surface area (Å²) in [5.41, 5.74) is -0.776. The van der Waals surface area contributed by atoms with Crippen LogP contribution in [0.4, 0.5) is 0 Å². The van der Waals surface area contributed by atoms with Crippen molar-refractivity contribution in [2.24, 2.45) is 17.3 Å². The summed E-state index contributed by atoms with van der Waals surface area (Å²) >= 11 is 0. The summed E-state index contributed by atoms with van der Waals surface area (Å²) < 4.78 is 0. The molecule has 0 aromatic heterocycles. The zero-order valence-electron chi connectivity index (χ0n) is 6.00. The first-order chi connectivity index (χ1) is 4.55. The molecule has 0 aliphatic heterocycles. The molecule has 0 aromatic rings. The Bertz CT molecular complexity index is 187. The highest BCUT2D eigenvalue weighted by atomic mass is 16.4. The molecule has 0 radical (unpaired) electrons. The second-order valence-corrected chi connectivity index (χ2v) is 3.04. The van der Waals surface area contributed by atoms with Gasteiger partial charge in [0.1, 0.15) is 6.29 Å². The molecule has 3 heteroatoms. The first-order valence-electron chi connectivity index (χ1n) is 3.23. The minimum atomic E-state index is -0.864. The average molecular weight is 142 g/mol. The van der Waals surface area contributed by atoms with Crippen LogP contribution in [0, 0.1) is 17.3 Å². The van der Waals surface area contributed by atoms with Crippen LogP contribution in [-0.2, 0) is 9.59 Å². The quantitative estimate of drug-likeness (QED) is 0.572. The van der Waals surface area contributed by atoms with Gasteiger partial charge >= 0.3 is 5.97 Å². The van der Waals surface area contributed by atoms with Crippen LogP contribution in [0.5, 0.6) is 0 Å². The van der Waals surface area contributed by atoms with Crippen LogP contribution in [0.15, 0.2) is 0 Å². The van der Waals surface area contributed by atoms with E-state index in [4.69, 9.17) is 5.11 Å². The largest absolute Gasteiger partial charge is 0.481 e. The van der Waals surface area contributed by atoms with E-state index in [0.717, 1.165) is 6.29 Å². The molecule has 0 spiro atoms. The van der Waals surface area contributed by atoms with E-state index in [0.29, 0.717) is 0 Å². The third-order valence-corrected chi connectivity index (χ3v) is 2.68. The lowest BCUT2D eigenvalue weighted by Crippen LogP contribution is -2.14. The van der Waals surface area contributed by atoms with E-state index in [1.807, 2.05) is 0 Å². The van der Waals surface area contributed by atoms with Crippen molar-refractivity contribution in [3.63, 3.8) is 0 Å². The summed E-state index contributed by atoms with van der Waals surface area (Å²) in [4.78, 5) is 20.7. The molecule has 3 nitrogen and oxygen atoms in total. The number of aliphatic carboxylic acids is 1. The van der Waals surface area contributed by atoms with E-state index in [-0.39, 0.29) is 11.8 Å². The Morgan fingerprint density at radius 2 is 2.20 bits per heavy atom. The monoisotopic (exact) mass is 142 g/mol. The molecule has 0 saturated heterocycles. The van der Waals surface area contributed by atoms with Crippen molar-refractivity contribution in [1.82, 2.24) is 0 Å². The lowest BCUT2D eigenvalue weighted by molar-refractivity contribution is -0.144. The first kappa shape index (κ1) is 7.25. The number of carbonyl (C=O) groups excluding carboxylic acids is 1. The topological polar surface area (TPSA) is 54.4 Å². The molecule has 56 valence electrons. The molecule has 0 amide bonds. The number of rotatable bonds is 2. The van der Waals surface area contributed by atoms with E-state index in [9.17, 15) is 9.59 Å². The molecule has 10 heavy (non-hydrogen) atoms. The van der Waals surface area contributed by atoms with E-state index in [1.165, 1.54) is 0 Å². The van der Waals surface area contributed by atoms with Gasteiger partial charge in [0.15, 0.2) is 0 Å². The van der Waals surface area contributed by atoms with Gasteiger partial charge in [0.05, 0.1) is 5.41 Å². The fourth-order valence-corrected chi connectivity index (χ4v) is 1.36. The molecule has 1 aliphatic carbocycles. The summed E-state index contributed by atoms with van der Waals surface area (Å²) in [6, 6.07) is 0. The number of aldehydes is 1. The molecule has 0 aromatic carbocycles. The van der Waals surface area contributed by atoms with Gasteiger partial charge in [-0.25, -0.2) is 0 Å². The predicted molar refractivity (Wildman–Crippen MR) is 34.5 cm³/mol. The summed E-state index contributed by atoms with van der Waals surface area (Å²) in [5.74, 6) is -1.13. The van der Waals surface area contributed by atoms with E-state index in [1.54, 1.807) is 13.8 Å². The molecule has 1 fully saturated rings. The Morgan fingerprint density at radius 3 is 2.30 bits per heavy atom. The van der Waals surface area contributed by atoms with Crippen molar-refractivity contribution in [3.05, 3.63) is 0 Å². The van der Waals surface area contributed by atoms with Crippen molar-refractivity contribution in [1.29, 1.82) is 0 Å².